The van der Waals surface area contributed by atoms with E-state index in [2.05, 4.69) is 5.32 Å². The molecule has 2 N–H and O–H groups in total. The molecule has 2 aromatic carbocycles. The number of nitrogens with zero attached hydrogens (tertiary/aromatic N) is 1. The molecule has 26 heavy (non-hydrogen) atoms. The molecule has 2 rings (SSSR count). The molecule has 2 aromatic rings. The second-order valence-electron chi connectivity index (χ2n) is 4.87. The lowest BCUT2D eigenvalue weighted by Crippen LogP contribution is -2.33. The van der Waals surface area contributed by atoms with Crippen LogP contribution in [0.3, 0.4) is 0 Å². The fraction of sp³-hybridized carbons (Fsp3) is 0.0714. The first-order valence-corrected chi connectivity index (χ1v) is 8.27. The van der Waals surface area contributed by atoms with Crippen LogP contribution in [-0.2, 0) is 14.8 Å². The number of nitro groups is 1. The summed E-state index contributed by atoms with van der Waals surface area (Å²) in [5.41, 5.74) is -1.15. The average molecular weight is 389 g/mol. The van der Waals surface area contributed by atoms with Crippen LogP contribution in [0.25, 0.3) is 0 Å². The Kier molecular flexibility index (Phi) is 5.57. The van der Waals surface area contributed by atoms with Gasteiger partial charge in [0.05, 0.1) is 16.4 Å². The summed E-state index contributed by atoms with van der Waals surface area (Å²) in [7, 11) is -4.35. The lowest BCUT2D eigenvalue weighted by atomic mass is 10.3. The topological polar surface area (TPSA) is 118 Å². The molecule has 0 saturated carbocycles. The van der Waals surface area contributed by atoms with Gasteiger partial charge in [-0.15, -0.1) is 0 Å². The lowest BCUT2D eigenvalue weighted by Gasteiger charge is -2.08. The number of carbonyl (C=O) groups excluding carboxylic acids is 1. The van der Waals surface area contributed by atoms with E-state index in [1.807, 2.05) is 4.72 Å². The van der Waals surface area contributed by atoms with Crippen LogP contribution in [0.4, 0.5) is 24.5 Å². The molecular weight excluding hydrogens is 379 g/mol. The molecule has 0 aromatic heterocycles. The van der Waals surface area contributed by atoms with E-state index in [0.717, 1.165) is 18.2 Å². The van der Waals surface area contributed by atoms with Crippen molar-refractivity contribution in [3.63, 3.8) is 0 Å². The maximum absolute atomic E-state index is 13.2. The quantitative estimate of drug-likeness (QED) is 0.578. The van der Waals surface area contributed by atoms with E-state index in [1.54, 1.807) is 0 Å². The number of sulfonamides is 1. The third kappa shape index (κ3) is 4.55. The summed E-state index contributed by atoms with van der Waals surface area (Å²) in [6.07, 6.45) is 0. The SMILES string of the molecule is O=C(CNS(=O)(=O)c1ccc(F)c([N+](=O)[O-])c1)Nc1ccc(F)c(F)c1. The largest absolute Gasteiger partial charge is 0.325 e. The number of amides is 1. The smallest absolute Gasteiger partial charge is 0.306 e. The van der Waals surface area contributed by atoms with E-state index in [4.69, 9.17) is 0 Å². The van der Waals surface area contributed by atoms with Crippen LogP contribution < -0.4 is 10.0 Å². The lowest BCUT2D eigenvalue weighted by molar-refractivity contribution is -0.387. The van der Waals surface area contributed by atoms with Gasteiger partial charge in [-0.2, -0.15) is 4.39 Å². The van der Waals surface area contributed by atoms with Crippen molar-refractivity contribution < 1.29 is 31.3 Å². The van der Waals surface area contributed by atoms with Crippen molar-refractivity contribution in [2.75, 3.05) is 11.9 Å². The van der Waals surface area contributed by atoms with Crippen LogP contribution in [0, 0.1) is 27.6 Å². The van der Waals surface area contributed by atoms with Gasteiger partial charge in [0.15, 0.2) is 11.6 Å². The van der Waals surface area contributed by atoms with Gasteiger partial charge in [-0.1, -0.05) is 0 Å². The number of halogens is 3. The molecule has 0 fully saturated rings. The van der Waals surface area contributed by atoms with Crippen LogP contribution in [0.15, 0.2) is 41.3 Å². The molecule has 0 bridgehead atoms. The second kappa shape index (κ2) is 7.49. The third-order valence-corrected chi connectivity index (χ3v) is 4.45. The molecule has 0 spiro atoms. The van der Waals surface area contributed by atoms with Crippen LogP contribution in [0.1, 0.15) is 0 Å². The summed E-state index contributed by atoms with van der Waals surface area (Å²) in [5, 5.41) is 12.8. The summed E-state index contributed by atoms with van der Waals surface area (Å²) < 4.78 is 65.0. The molecule has 0 heterocycles. The van der Waals surface area contributed by atoms with Crippen molar-refractivity contribution in [3.8, 4) is 0 Å². The molecule has 138 valence electrons. The highest BCUT2D eigenvalue weighted by Gasteiger charge is 2.22. The Hall–Kier alpha value is -2.99. The molecule has 8 nitrogen and oxygen atoms in total. The van der Waals surface area contributed by atoms with E-state index in [1.165, 1.54) is 0 Å². The van der Waals surface area contributed by atoms with Crippen LogP contribution in [0.5, 0.6) is 0 Å². The molecule has 0 saturated heterocycles. The highest BCUT2D eigenvalue weighted by molar-refractivity contribution is 7.89. The van der Waals surface area contributed by atoms with Gasteiger partial charge in [0, 0.05) is 17.8 Å². The first-order valence-electron chi connectivity index (χ1n) is 6.78. The molecule has 0 aliphatic carbocycles. The number of hydrogen-bond donors (Lipinski definition) is 2. The van der Waals surface area contributed by atoms with Crippen molar-refractivity contribution in [1.82, 2.24) is 4.72 Å². The highest BCUT2D eigenvalue weighted by atomic mass is 32.2. The fourth-order valence-corrected chi connectivity index (χ4v) is 2.82. The zero-order valence-corrected chi connectivity index (χ0v) is 13.5. The zero-order valence-electron chi connectivity index (χ0n) is 12.7. The molecular formula is C14H10F3N3O5S. The molecule has 0 aliphatic heterocycles. The van der Waals surface area contributed by atoms with Gasteiger partial charge < -0.3 is 5.32 Å². The second-order valence-corrected chi connectivity index (χ2v) is 6.64. The Morgan fingerprint density at radius 1 is 1.04 bits per heavy atom. The minimum absolute atomic E-state index is 0.106. The Bertz CT molecular complexity index is 982. The maximum Gasteiger partial charge on any atom is 0.306 e. The van der Waals surface area contributed by atoms with Crippen LogP contribution >= 0.6 is 0 Å². The highest BCUT2D eigenvalue weighted by Crippen LogP contribution is 2.21. The van der Waals surface area contributed by atoms with Crippen molar-refractivity contribution in [3.05, 3.63) is 64.0 Å². The van der Waals surface area contributed by atoms with E-state index < -0.39 is 55.4 Å². The monoisotopic (exact) mass is 389 g/mol. The Morgan fingerprint density at radius 2 is 1.69 bits per heavy atom. The van der Waals surface area contributed by atoms with Crippen LogP contribution in [-0.4, -0.2) is 25.8 Å². The number of anilines is 1. The minimum atomic E-state index is -4.35. The molecule has 0 unspecified atom stereocenters. The number of hydrogen-bond acceptors (Lipinski definition) is 5. The summed E-state index contributed by atoms with van der Waals surface area (Å²) in [5.74, 6) is -4.45. The van der Waals surface area contributed by atoms with Gasteiger partial charge in [0.25, 0.3) is 0 Å². The van der Waals surface area contributed by atoms with E-state index in [0.29, 0.717) is 18.2 Å². The number of rotatable bonds is 6. The third-order valence-electron chi connectivity index (χ3n) is 3.05. The summed E-state index contributed by atoms with van der Waals surface area (Å²) >= 11 is 0. The first kappa shape index (κ1) is 19.3. The summed E-state index contributed by atoms with van der Waals surface area (Å²) in [6, 6.07) is 4.43. The van der Waals surface area contributed by atoms with Crippen molar-refractivity contribution in [2.24, 2.45) is 0 Å². The normalized spacial score (nSPS) is 11.2. The van der Waals surface area contributed by atoms with Gasteiger partial charge in [-0.3, -0.25) is 14.9 Å². The van der Waals surface area contributed by atoms with Gasteiger partial charge in [0.1, 0.15) is 0 Å². The predicted octanol–water partition coefficient (Wildman–Crippen LogP) is 1.93. The van der Waals surface area contributed by atoms with Crippen molar-refractivity contribution >= 4 is 27.3 Å². The fourth-order valence-electron chi connectivity index (χ4n) is 1.82. The minimum Gasteiger partial charge on any atom is -0.325 e. The molecule has 1 amide bonds. The van der Waals surface area contributed by atoms with Gasteiger partial charge in [-0.25, -0.2) is 21.9 Å². The van der Waals surface area contributed by atoms with E-state index in [-0.39, 0.29) is 5.69 Å². The molecule has 0 atom stereocenters. The first-order chi connectivity index (χ1) is 12.1. The van der Waals surface area contributed by atoms with Crippen molar-refractivity contribution in [2.45, 2.75) is 4.90 Å². The molecule has 0 radical (unpaired) electrons. The molecule has 0 aliphatic rings. The van der Waals surface area contributed by atoms with Crippen LogP contribution in [0.2, 0.25) is 0 Å². The Balaban J connectivity index is 2.07. The van der Waals surface area contributed by atoms with Crippen molar-refractivity contribution in [1.29, 1.82) is 0 Å². The predicted molar refractivity (Wildman–Crippen MR) is 83.2 cm³/mol. The summed E-state index contributed by atoms with van der Waals surface area (Å²) in [4.78, 5) is 20.6. The number of carbonyl (C=O) groups is 1. The Morgan fingerprint density at radius 3 is 2.31 bits per heavy atom. The number of nitro benzene ring substituents is 1. The Labute approximate surface area is 144 Å². The van der Waals surface area contributed by atoms with E-state index >= 15 is 0 Å². The summed E-state index contributed by atoms with van der Waals surface area (Å²) in [6.45, 7) is -0.799. The van der Waals surface area contributed by atoms with Gasteiger partial charge >= 0.3 is 5.69 Å². The van der Waals surface area contributed by atoms with Gasteiger partial charge in [0.2, 0.25) is 21.7 Å². The zero-order chi connectivity index (χ0) is 19.5. The van der Waals surface area contributed by atoms with Gasteiger partial charge in [-0.05, 0) is 24.3 Å². The molecule has 12 heteroatoms. The number of benzene rings is 2. The standard InChI is InChI=1S/C14H10F3N3O5S/c15-10-3-1-8(5-12(10)17)19-14(21)7-18-26(24,25)9-2-4-11(16)13(6-9)20(22)23/h1-6,18H,7H2,(H,19,21). The average Bonchev–Trinajstić information content (AvgIpc) is 2.56. The maximum atomic E-state index is 13.2. The number of nitrogens with one attached hydrogen (secondary N) is 2. The van der Waals surface area contributed by atoms with E-state index in [9.17, 15) is 36.5 Å².